The molecular weight excluding hydrogens is 272 g/mol. The minimum absolute atomic E-state index is 0.183. The highest BCUT2D eigenvalue weighted by molar-refractivity contribution is 7.26. The Labute approximate surface area is 131 Å². The quantitative estimate of drug-likeness (QED) is 0.435. The lowest BCUT2D eigenvalue weighted by Crippen LogP contribution is -2.10. The monoisotopic (exact) mass is 296 g/mol. The average Bonchev–Trinajstić information content (AvgIpc) is 2.74. The molecule has 0 bridgehead atoms. The van der Waals surface area contributed by atoms with E-state index in [0.29, 0.717) is 0 Å². The van der Waals surface area contributed by atoms with Crippen LogP contribution in [0, 0.1) is 0 Å². The van der Waals surface area contributed by atoms with E-state index in [-0.39, 0.29) is 10.8 Å². The van der Waals surface area contributed by atoms with Crippen LogP contribution in [0.25, 0.3) is 20.2 Å². The van der Waals surface area contributed by atoms with Crippen LogP contribution in [0.4, 0.5) is 0 Å². The molecule has 0 aliphatic carbocycles. The number of thiophene rings is 1. The first-order valence-corrected chi connectivity index (χ1v) is 8.46. The summed E-state index contributed by atoms with van der Waals surface area (Å²) in [6.45, 7) is 13.8. The average molecular weight is 296 g/mol. The Balaban J connectivity index is 2.46. The SMILES string of the molecule is CC(C)(C)c1cccc2c1sc1c(C(C)(C)C)cccc12. The molecule has 0 N–H and O–H groups in total. The van der Waals surface area contributed by atoms with Crippen LogP contribution in [0.5, 0.6) is 0 Å². The van der Waals surface area contributed by atoms with E-state index in [1.807, 2.05) is 11.3 Å². The fourth-order valence-corrected chi connectivity index (χ4v) is 4.75. The predicted molar refractivity (Wildman–Crippen MR) is 96.7 cm³/mol. The smallest absolute Gasteiger partial charge is 0.0392 e. The van der Waals surface area contributed by atoms with Gasteiger partial charge in [0.2, 0.25) is 0 Å². The summed E-state index contributed by atoms with van der Waals surface area (Å²) in [6.07, 6.45) is 0. The van der Waals surface area contributed by atoms with Gasteiger partial charge >= 0.3 is 0 Å². The molecule has 21 heavy (non-hydrogen) atoms. The van der Waals surface area contributed by atoms with Gasteiger partial charge in [-0.15, -0.1) is 11.3 Å². The maximum atomic E-state index is 2.30. The Kier molecular flexibility index (Phi) is 3.18. The van der Waals surface area contributed by atoms with Gasteiger partial charge in [0.25, 0.3) is 0 Å². The zero-order chi connectivity index (χ0) is 15.4. The summed E-state index contributed by atoms with van der Waals surface area (Å²) in [4.78, 5) is 0. The molecule has 0 spiro atoms. The molecule has 110 valence electrons. The topological polar surface area (TPSA) is 0 Å². The van der Waals surface area contributed by atoms with Crippen molar-refractivity contribution in [3.63, 3.8) is 0 Å². The number of hydrogen-bond acceptors (Lipinski definition) is 1. The Bertz CT molecular complexity index is 739. The third-order valence-corrected chi connectivity index (χ3v) is 5.43. The van der Waals surface area contributed by atoms with E-state index >= 15 is 0 Å². The van der Waals surface area contributed by atoms with Gasteiger partial charge in [-0.3, -0.25) is 0 Å². The molecule has 1 aromatic heterocycles. The fourth-order valence-electron chi connectivity index (χ4n) is 3.00. The summed E-state index contributed by atoms with van der Waals surface area (Å²) in [5.41, 5.74) is 3.28. The molecule has 3 rings (SSSR count). The van der Waals surface area contributed by atoms with E-state index in [0.717, 1.165) is 0 Å². The summed E-state index contributed by atoms with van der Waals surface area (Å²) in [6, 6.07) is 13.5. The minimum atomic E-state index is 0.183. The van der Waals surface area contributed by atoms with Crippen LogP contribution in [0.15, 0.2) is 36.4 Å². The molecule has 0 saturated carbocycles. The van der Waals surface area contributed by atoms with E-state index in [4.69, 9.17) is 0 Å². The molecule has 0 aliphatic heterocycles. The van der Waals surface area contributed by atoms with Gasteiger partial charge in [0.1, 0.15) is 0 Å². The van der Waals surface area contributed by atoms with Crippen molar-refractivity contribution < 1.29 is 0 Å². The first kappa shape index (κ1) is 14.6. The second kappa shape index (κ2) is 4.58. The van der Waals surface area contributed by atoms with E-state index in [1.54, 1.807) is 0 Å². The van der Waals surface area contributed by atoms with Crippen LogP contribution < -0.4 is 0 Å². The molecule has 0 nitrogen and oxygen atoms in total. The number of fused-ring (bicyclic) bond motifs is 3. The summed E-state index contributed by atoms with van der Waals surface area (Å²) < 4.78 is 2.91. The first-order chi connectivity index (χ1) is 9.69. The fraction of sp³-hybridized carbons (Fsp3) is 0.400. The van der Waals surface area contributed by atoms with Crippen LogP contribution in [0.2, 0.25) is 0 Å². The minimum Gasteiger partial charge on any atom is -0.135 e. The molecule has 0 atom stereocenters. The highest BCUT2D eigenvalue weighted by Gasteiger charge is 2.22. The van der Waals surface area contributed by atoms with E-state index in [9.17, 15) is 0 Å². The van der Waals surface area contributed by atoms with Crippen LogP contribution in [0.1, 0.15) is 52.7 Å². The van der Waals surface area contributed by atoms with Gasteiger partial charge < -0.3 is 0 Å². The third kappa shape index (κ3) is 2.38. The number of benzene rings is 2. The number of rotatable bonds is 0. The standard InChI is InChI=1S/C20H24S/c1-19(2,3)15-11-7-9-13-14-10-8-12-16(20(4,5)6)18(14)21-17(13)15/h7-12H,1-6H3. The summed E-state index contributed by atoms with van der Waals surface area (Å²) in [5, 5.41) is 2.82. The Morgan fingerprint density at radius 1 is 0.619 bits per heavy atom. The van der Waals surface area contributed by atoms with Gasteiger partial charge in [-0.1, -0.05) is 77.9 Å². The first-order valence-electron chi connectivity index (χ1n) is 7.65. The van der Waals surface area contributed by atoms with Crippen molar-refractivity contribution in [1.29, 1.82) is 0 Å². The van der Waals surface area contributed by atoms with Gasteiger partial charge in [0.15, 0.2) is 0 Å². The Hall–Kier alpha value is -1.34. The zero-order valence-corrected chi connectivity index (χ0v) is 14.7. The van der Waals surface area contributed by atoms with Crippen LogP contribution in [-0.4, -0.2) is 0 Å². The molecule has 1 heterocycles. The normalized spacial score (nSPS) is 13.2. The second-order valence-electron chi connectivity index (χ2n) is 7.97. The van der Waals surface area contributed by atoms with Crippen LogP contribution >= 0.6 is 11.3 Å². The maximum absolute atomic E-state index is 2.30. The zero-order valence-electron chi connectivity index (χ0n) is 13.9. The van der Waals surface area contributed by atoms with E-state index in [1.165, 1.54) is 31.3 Å². The molecule has 3 aromatic rings. The van der Waals surface area contributed by atoms with Crippen molar-refractivity contribution in [3.05, 3.63) is 47.5 Å². The highest BCUT2D eigenvalue weighted by Crippen LogP contribution is 2.43. The predicted octanol–water partition coefficient (Wildman–Crippen LogP) is 6.65. The van der Waals surface area contributed by atoms with E-state index in [2.05, 4.69) is 77.9 Å². The summed E-state index contributed by atoms with van der Waals surface area (Å²) in [7, 11) is 0. The van der Waals surface area contributed by atoms with Crippen molar-refractivity contribution in [3.8, 4) is 0 Å². The lowest BCUT2D eigenvalue weighted by Gasteiger charge is -2.20. The Morgan fingerprint density at radius 3 is 1.33 bits per heavy atom. The summed E-state index contributed by atoms with van der Waals surface area (Å²) >= 11 is 1.97. The van der Waals surface area contributed by atoms with Gasteiger partial charge in [-0.25, -0.2) is 0 Å². The maximum Gasteiger partial charge on any atom is 0.0392 e. The van der Waals surface area contributed by atoms with E-state index < -0.39 is 0 Å². The third-order valence-electron chi connectivity index (χ3n) is 4.14. The van der Waals surface area contributed by atoms with Crippen LogP contribution in [0.3, 0.4) is 0 Å². The van der Waals surface area contributed by atoms with Crippen molar-refractivity contribution >= 4 is 31.5 Å². The van der Waals surface area contributed by atoms with Crippen molar-refractivity contribution in [2.24, 2.45) is 0 Å². The highest BCUT2D eigenvalue weighted by atomic mass is 32.1. The van der Waals surface area contributed by atoms with Gasteiger partial charge in [0, 0.05) is 20.2 Å². The van der Waals surface area contributed by atoms with Crippen molar-refractivity contribution in [2.45, 2.75) is 52.4 Å². The van der Waals surface area contributed by atoms with Gasteiger partial charge in [-0.2, -0.15) is 0 Å². The van der Waals surface area contributed by atoms with Crippen molar-refractivity contribution in [1.82, 2.24) is 0 Å². The summed E-state index contributed by atoms with van der Waals surface area (Å²) in [5.74, 6) is 0. The van der Waals surface area contributed by atoms with Gasteiger partial charge in [0.05, 0.1) is 0 Å². The lowest BCUT2D eigenvalue weighted by molar-refractivity contribution is 0.596. The van der Waals surface area contributed by atoms with Crippen LogP contribution in [-0.2, 0) is 10.8 Å². The molecule has 0 radical (unpaired) electrons. The van der Waals surface area contributed by atoms with Crippen molar-refractivity contribution in [2.75, 3.05) is 0 Å². The second-order valence-corrected chi connectivity index (χ2v) is 8.99. The molecule has 2 aromatic carbocycles. The molecule has 0 unspecified atom stereocenters. The lowest BCUT2D eigenvalue weighted by atomic mass is 9.85. The molecular formula is C20H24S. The number of hydrogen-bond donors (Lipinski definition) is 0. The molecule has 0 amide bonds. The van der Waals surface area contributed by atoms with Gasteiger partial charge in [-0.05, 0) is 22.0 Å². The molecule has 0 fully saturated rings. The molecule has 1 heteroatoms. The largest absolute Gasteiger partial charge is 0.135 e. The molecule has 0 saturated heterocycles. The molecule has 0 aliphatic rings. The Morgan fingerprint density at radius 2 is 1.00 bits per heavy atom.